The van der Waals surface area contributed by atoms with Crippen LogP contribution in [0.25, 0.3) is 0 Å². The molecule has 26 heavy (non-hydrogen) atoms. The Kier molecular flexibility index (Phi) is 4.74. The zero-order valence-corrected chi connectivity index (χ0v) is 15.0. The van der Waals surface area contributed by atoms with Crippen LogP contribution in [0.15, 0.2) is 60.9 Å². The largest absolute Gasteiger partial charge is 0.496 e. The molecule has 134 valence electrons. The first kappa shape index (κ1) is 16.8. The van der Waals surface area contributed by atoms with Crippen LogP contribution in [0.4, 0.5) is 0 Å². The monoisotopic (exact) mass is 348 g/mol. The zero-order chi connectivity index (χ0) is 17.9. The molecule has 4 nitrogen and oxygen atoms in total. The van der Waals surface area contributed by atoms with Crippen molar-refractivity contribution in [1.82, 2.24) is 9.88 Å². The van der Waals surface area contributed by atoms with E-state index in [0.29, 0.717) is 24.9 Å². The van der Waals surface area contributed by atoms with Crippen molar-refractivity contribution in [2.24, 2.45) is 17.8 Å². The van der Waals surface area contributed by atoms with Gasteiger partial charge in [-0.15, -0.1) is 0 Å². The van der Waals surface area contributed by atoms with Gasteiger partial charge in [0.1, 0.15) is 5.75 Å². The summed E-state index contributed by atoms with van der Waals surface area (Å²) in [6, 6.07) is 11.9. The van der Waals surface area contributed by atoms with Crippen LogP contribution in [0.5, 0.6) is 5.75 Å². The number of fused-ring (bicyclic) bond motifs is 2. The lowest BCUT2D eigenvalue weighted by Gasteiger charge is -2.29. The SMILES string of the molecule is COc1ccccc1CN(Cc1cccnc1)C(=O)[C@@H]1C[C@@H]2C=C[C@H]1C2. The van der Waals surface area contributed by atoms with Crippen LogP contribution in [0, 0.1) is 17.8 Å². The van der Waals surface area contributed by atoms with Gasteiger partial charge in [-0.05, 0) is 42.4 Å². The average molecular weight is 348 g/mol. The van der Waals surface area contributed by atoms with Gasteiger partial charge in [-0.2, -0.15) is 0 Å². The fraction of sp³-hybridized carbons (Fsp3) is 0.364. The predicted molar refractivity (Wildman–Crippen MR) is 100 cm³/mol. The number of aromatic nitrogens is 1. The van der Waals surface area contributed by atoms with Gasteiger partial charge < -0.3 is 9.64 Å². The van der Waals surface area contributed by atoms with Crippen molar-refractivity contribution in [2.45, 2.75) is 25.9 Å². The third kappa shape index (κ3) is 3.36. The second-order valence-electron chi connectivity index (χ2n) is 7.25. The maximum atomic E-state index is 13.4. The van der Waals surface area contributed by atoms with Crippen molar-refractivity contribution in [3.8, 4) is 5.75 Å². The number of carbonyl (C=O) groups excluding carboxylic acids is 1. The minimum Gasteiger partial charge on any atom is -0.496 e. The molecule has 1 saturated carbocycles. The fourth-order valence-corrected chi connectivity index (χ4v) is 4.26. The topological polar surface area (TPSA) is 42.4 Å². The van der Waals surface area contributed by atoms with Gasteiger partial charge in [-0.3, -0.25) is 9.78 Å². The molecule has 1 amide bonds. The van der Waals surface area contributed by atoms with E-state index in [-0.39, 0.29) is 11.8 Å². The van der Waals surface area contributed by atoms with E-state index in [1.54, 1.807) is 13.3 Å². The van der Waals surface area contributed by atoms with Crippen molar-refractivity contribution < 1.29 is 9.53 Å². The van der Waals surface area contributed by atoms with E-state index in [4.69, 9.17) is 4.74 Å². The lowest BCUT2D eigenvalue weighted by molar-refractivity contribution is -0.137. The maximum absolute atomic E-state index is 13.4. The molecule has 0 spiro atoms. The van der Waals surface area contributed by atoms with E-state index < -0.39 is 0 Å². The predicted octanol–water partition coefficient (Wildman–Crippen LogP) is 3.83. The molecule has 0 radical (unpaired) electrons. The number of para-hydroxylation sites is 1. The van der Waals surface area contributed by atoms with Crippen molar-refractivity contribution in [2.75, 3.05) is 7.11 Å². The number of ether oxygens (including phenoxy) is 1. The van der Waals surface area contributed by atoms with Gasteiger partial charge in [0.2, 0.25) is 5.91 Å². The van der Waals surface area contributed by atoms with Crippen molar-refractivity contribution in [3.63, 3.8) is 0 Å². The normalized spacial score (nSPS) is 23.2. The van der Waals surface area contributed by atoms with Crippen LogP contribution >= 0.6 is 0 Å². The summed E-state index contributed by atoms with van der Waals surface area (Å²) in [5.74, 6) is 2.17. The van der Waals surface area contributed by atoms with Crippen LogP contribution in [0.2, 0.25) is 0 Å². The summed E-state index contributed by atoms with van der Waals surface area (Å²) in [6.45, 7) is 1.12. The highest BCUT2D eigenvalue weighted by molar-refractivity contribution is 5.80. The number of benzene rings is 1. The van der Waals surface area contributed by atoms with Crippen molar-refractivity contribution >= 4 is 5.91 Å². The molecular weight excluding hydrogens is 324 g/mol. The molecule has 2 bridgehead atoms. The molecule has 1 fully saturated rings. The lowest BCUT2D eigenvalue weighted by atomic mass is 9.92. The Bertz CT molecular complexity index is 803. The molecule has 0 saturated heterocycles. The molecule has 3 atom stereocenters. The Morgan fingerprint density at radius 1 is 1.15 bits per heavy atom. The third-order valence-electron chi connectivity index (χ3n) is 5.56. The molecule has 1 aromatic heterocycles. The maximum Gasteiger partial charge on any atom is 0.226 e. The Labute approximate surface area is 154 Å². The minimum atomic E-state index is 0.108. The molecule has 2 aromatic rings. The molecule has 1 heterocycles. The molecule has 4 rings (SSSR count). The summed E-state index contributed by atoms with van der Waals surface area (Å²) >= 11 is 0. The van der Waals surface area contributed by atoms with Gasteiger partial charge in [0.15, 0.2) is 0 Å². The molecule has 2 aliphatic rings. The van der Waals surface area contributed by atoms with Crippen LogP contribution < -0.4 is 4.74 Å². The first-order valence-corrected chi connectivity index (χ1v) is 9.22. The first-order chi connectivity index (χ1) is 12.7. The number of nitrogens with zero attached hydrogens (tertiary/aromatic N) is 2. The molecule has 1 aromatic carbocycles. The molecule has 4 heteroatoms. The molecular formula is C22H24N2O2. The highest BCUT2D eigenvalue weighted by atomic mass is 16.5. The average Bonchev–Trinajstić information content (AvgIpc) is 3.32. The fourth-order valence-electron chi connectivity index (χ4n) is 4.26. The quantitative estimate of drug-likeness (QED) is 0.745. The van der Waals surface area contributed by atoms with Gasteiger partial charge in [0.05, 0.1) is 7.11 Å². The number of hydrogen-bond acceptors (Lipinski definition) is 3. The van der Waals surface area contributed by atoms with Gasteiger partial charge in [0, 0.05) is 37.0 Å². The Morgan fingerprint density at radius 3 is 2.73 bits per heavy atom. The van der Waals surface area contributed by atoms with Crippen molar-refractivity contribution in [1.29, 1.82) is 0 Å². The van der Waals surface area contributed by atoms with Crippen molar-refractivity contribution in [3.05, 3.63) is 72.1 Å². The summed E-state index contributed by atoms with van der Waals surface area (Å²) in [4.78, 5) is 19.5. The van der Waals surface area contributed by atoms with Crippen LogP contribution in [-0.2, 0) is 17.9 Å². The Balaban J connectivity index is 1.58. The van der Waals surface area contributed by atoms with E-state index in [9.17, 15) is 4.79 Å². The zero-order valence-electron chi connectivity index (χ0n) is 15.0. The summed E-state index contributed by atoms with van der Waals surface area (Å²) < 4.78 is 5.49. The highest BCUT2D eigenvalue weighted by Crippen LogP contribution is 2.44. The minimum absolute atomic E-state index is 0.108. The Hall–Kier alpha value is -2.62. The van der Waals surface area contributed by atoms with E-state index in [0.717, 1.165) is 29.7 Å². The number of rotatable bonds is 6. The summed E-state index contributed by atoms with van der Waals surface area (Å²) in [5, 5.41) is 0. The summed E-state index contributed by atoms with van der Waals surface area (Å²) in [5.41, 5.74) is 2.08. The number of amides is 1. The van der Waals surface area contributed by atoms with E-state index >= 15 is 0 Å². The number of hydrogen-bond donors (Lipinski definition) is 0. The standard InChI is InChI=1S/C22H24N2O2/c1-26-21-7-3-2-6-19(21)15-24(14-17-5-4-10-23-13-17)22(25)20-12-16-8-9-18(20)11-16/h2-10,13,16,18,20H,11-12,14-15H2,1H3/t16-,18+,20-/m1/s1. The van der Waals surface area contributed by atoms with Gasteiger partial charge in [-0.25, -0.2) is 0 Å². The second-order valence-corrected chi connectivity index (χ2v) is 7.25. The number of allylic oxidation sites excluding steroid dienone is 2. The van der Waals surface area contributed by atoms with E-state index in [1.165, 1.54) is 0 Å². The second kappa shape index (κ2) is 7.32. The van der Waals surface area contributed by atoms with Crippen LogP contribution in [-0.4, -0.2) is 22.9 Å². The van der Waals surface area contributed by atoms with Crippen LogP contribution in [0.1, 0.15) is 24.0 Å². The number of methoxy groups -OCH3 is 1. The smallest absolute Gasteiger partial charge is 0.226 e. The highest BCUT2D eigenvalue weighted by Gasteiger charge is 2.41. The lowest BCUT2D eigenvalue weighted by Crippen LogP contribution is -2.37. The van der Waals surface area contributed by atoms with E-state index in [2.05, 4.69) is 17.1 Å². The van der Waals surface area contributed by atoms with E-state index in [1.807, 2.05) is 47.5 Å². The Morgan fingerprint density at radius 2 is 2.04 bits per heavy atom. The first-order valence-electron chi connectivity index (χ1n) is 9.22. The molecule has 2 aliphatic carbocycles. The van der Waals surface area contributed by atoms with Crippen LogP contribution in [0.3, 0.4) is 0 Å². The number of pyridine rings is 1. The van der Waals surface area contributed by atoms with Gasteiger partial charge in [-0.1, -0.05) is 36.4 Å². The number of carbonyl (C=O) groups is 1. The van der Waals surface area contributed by atoms with Gasteiger partial charge in [0.25, 0.3) is 0 Å². The molecule has 0 N–H and O–H groups in total. The summed E-state index contributed by atoms with van der Waals surface area (Å²) in [6.07, 6.45) is 10.2. The summed E-state index contributed by atoms with van der Waals surface area (Å²) in [7, 11) is 1.67. The third-order valence-corrected chi connectivity index (χ3v) is 5.56. The molecule has 0 aliphatic heterocycles. The van der Waals surface area contributed by atoms with Gasteiger partial charge >= 0.3 is 0 Å². The molecule has 0 unspecified atom stereocenters.